The summed E-state index contributed by atoms with van der Waals surface area (Å²) in [7, 11) is -8.27. The largest absolute Gasteiger partial charge is 0.416 e. The summed E-state index contributed by atoms with van der Waals surface area (Å²) < 4.78 is 107. The Morgan fingerprint density at radius 2 is 1.90 bits per heavy atom. The SMILES string of the molecule is O=S1(=O)NCCCNc2nc(ncc2C#CCCNS(=O)(=O)c2cc(C(F)(F)F)ccc2F)Nc2cccc1c2. The predicted octanol–water partition coefficient (Wildman–Crippen LogP) is 3.19. The van der Waals surface area contributed by atoms with Gasteiger partial charge < -0.3 is 10.6 Å². The molecule has 2 heterocycles. The van der Waals surface area contributed by atoms with Gasteiger partial charge in [-0.05, 0) is 42.8 Å². The second kappa shape index (κ2) is 11.8. The van der Waals surface area contributed by atoms with Gasteiger partial charge in [-0.15, -0.1) is 0 Å². The van der Waals surface area contributed by atoms with Crippen molar-refractivity contribution >= 4 is 37.5 Å². The average molecular weight is 599 g/mol. The summed E-state index contributed by atoms with van der Waals surface area (Å²) in [5.74, 6) is 4.72. The zero-order valence-corrected chi connectivity index (χ0v) is 22.1. The molecule has 40 heavy (non-hydrogen) atoms. The third-order valence-corrected chi connectivity index (χ3v) is 8.38. The molecule has 0 aliphatic carbocycles. The maximum absolute atomic E-state index is 14.0. The number of sulfonamides is 2. The molecule has 4 N–H and O–H groups in total. The molecule has 1 aromatic heterocycles. The summed E-state index contributed by atoms with van der Waals surface area (Å²) in [5.41, 5.74) is -0.489. The number of anilines is 3. The zero-order valence-electron chi connectivity index (χ0n) is 20.5. The molecule has 1 aliphatic rings. The Balaban J connectivity index is 1.47. The minimum absolute atomic E-state index is 0.0617. The van der Waals surface area contributed by atoms with Gasteiger partial charge in [0.2, 0.25) is 26.0 Å². The normalized spacial score (nSPS) is 15.2. The topological polar surface area (TPSA) is 142 Å². The monoisotopic (exact) mass is 598 g/mol. The number of halogens is 4. The molecule has 212 valence electrons. The van der Waals surface area contributed by atoms with E-state index in [1.54, 1.807) is 12.1 Å². The number of aromatic nitrogens is 2. The van der Waals surface area contributed by atoms with E-state index in [2.05, 4.69) is 37.2 Å². The lowest BCUT2D eigenvalue weighted by Gasteiger charge is -2.11. The van der Waals surface area contributed by atoms with Gasteiger partial charge in [0.25, 0.3) is 0 Å². The van der Waals surface area contributed by atoms with Gasteiger partial charge in [-0.1, -0.05) is 17.9 Å². The van der Waals surface area contributed by atoms with Crippen LogP contribution in [0.5, 0.6) is 0 Å². The van der Waals surface area contributed by atoms with Crippen molar-refractivity contribution in [3.63, 3.8) is 0 Å². The van der Waals surface area contributed by atoms with E-state index < -0.39 is 42.5 Å². The molecule has 0 radical (unpaired) electrons. The fraction of sp³-hybridized carbons (Fsp3) is 0.250. The number of rotatable bonds is 4. The first kappa shape index (κ1) is 29.2. The lowest BCUT2D eigenvalue weighted by molar-refractivity contribution is -0.137. The molecule has 1 aliphatic heterocycles. The number of fused-ring (bicyclic) bond motifs is 4. The first-order valence-electron chi connectivity index (χ1n) is 11.7. The Hall–Kier alpha value is -3.78. The molecular weight excluding hydrogens is 576 g/mol. The van der Waals surface area contributed by atoms with Crippen LogP contribution in [-0.4, -0.2) is 46.4 Å². The van der Waals surface area contributed by atoms with Crippen molar-refractivity contribution in [3.05, 3.63) is 65.6 Å². The summed E-state index contributed by atoms with van der Waals surface area (Å²) >= 11 is 0. The first-order valence-corrected chi connectivity index (χ1v) is 14.6. The highest BCUT2D eigenvalue weighted by molar-refractivity contribution is 7.89. The standard InChI is InChI=1S/C24H22F4N6O4S2/c25-20-9-8-17(24(26,27)28)13-21(20)40(37,38)32-11-2-1-5-16-15-30-23-33-18-6-3-7-19(14-18)39(35,36)31-12-4-10-29-22(16)34-23/h3,6-9,13-15,31-32H,2,4,10-12H2,(H2,29,30,33,34). The lowest BCUT2D eigenvalue weighted by atomic mass is 10.2. The number of hydrogen-bond donors (Lipinski definition) is 4. The fourth-order valence-electron chi connectivity index (χ4n) is 3.49. The second-order valence-corrected chi connectivity index (χ2v) is 11.9. The molecule has 16 heteroatoms. The lowest BCUT2D eigenvalue weighted by Crippen LogP contribution is -2.26. The maximum Gasteiger partial charge on any atom is 0.416 e. The van der Waals surface area contributed by atoms with Crippen LogP contribution in [0.3, 0.4) is 0 Å². The van der Waals surface area contributed by atoms with Gasteiger partial charge in [-0.2, -0.15) is 18.2 Å². The number of nitrogens with zero attached hydrogens (tertiary/aromatic N) is 2. The number of nitrogens with one attached hydrogen (secondary N) is 4. The van der Waals surface area contributed by atoms with Crippen molar-refractivity contribution in [1.29, 1.82) is 0 Å². The summed E-state index contributed by atoms with van der Waals surface area (Å²) in [4.78, 5) is 7.55. The van der Waals surface area contributed by atoms with E-state index in [1.807, 2.05) is 4.72 Å². The van der Waals surface area contributed by atoms with Crippen molar-refractivity contribution in [1.82, 2.24) is 19.4 Å². The number of hydrogen-bond acceptors (Lipinski definition) is 8. The van der Waals surface area contributed by atoms with Crippen molar-refractivity contribution in [3.8, 4) is 11.8 Å². The predicted molar refractivity (Wildman–Crippen MR) is 138 cm³/mol. The maximum atomic E-state index is 14.0. The molecule has 4 rings (SSSR count). The third-order valence-electron chi connectivity index (χ3n) is 5.44. The van der Waals surface area contributed by atoms with Crippen molar-refractivity contribution < 1.29 is 34.4 Å². The second-order valence-electron chi connectivity index (χ2n) is 8.38. The van der Waals surface area contributed by atoms with E-state index in [0.717, 1.165) is 0 Å². The van der Waals surface area contributed by atoms with E-state index in [4.69, 9.17) is 0 Å². The van der Waals surface area contributed by atoms with E-state index >= 15 is 0 Å². The molecular formula is C24H22F4N6O4S2. The quantitative estimate of drug-likeness (QED) is 0.204. The Morgan fingerprint density at radius 3 is 2.67 bits per heavy atom. The van der Waals surface area contributed by atoms with Crippen LogP contribution in [-0.2, 0) is 26.2 Å². The fourth-order valence-corrected chi connectivity index (χ4v) is 5.75. The highest BCUT2D eigenvalue weighted by atomic mass is 32.2. The van der Waals surface area contributed by atoms with Gasteiger partial charge in [-0.3, -0.25) is 0 Å². The van der Waals surface area contributed by atoms with Gasteiger partial charge in [0.05, 0.1) is 22.2 Å². The molecule has 0 saturated heterocycles. The van der Waals surface area contributed by atoms with Crippen molar-refractivity contribution in [2.24, 2.45) is 0 Å². The average Bonchev–Trinajstić information content (AvgIpc) is 2.89. The summed E-state index contributed by atoms with van der Waals surface area (Å²) in [6, 6.07) is 7.26. The molecule has 0 atom stereocenters. The van der Waals surface area contributed by atoms with Crippen molar-refractivity contribution in [2.45, 2.75) is 28.8 Å². The van der Waals surface area contributed by atoms with Crippen LogP contribution in [0.1, 0.15) is 24.0 Å². The summed E-state index contributed by atoms with van der Waals surface area (Å²) in [6.45, 7) is 0.205. The number of benzene rings is 2. The van der Waals surface area contributed by atoms with E-state index in [9.17, 15) is 34.4 Å². The molecule has 0 amide bonds. The third kappa shape index (κ3) is 7.24. The van der Waals surface area contributed by atoms with Gasteiger partial charge in [0, 0.05) is 31.7 Å². The minimum Gasteiger partial charge on any atom is -0.369 e. The Morgan fingerprint density at radius 1 is 1.10 bits per heavy atom. The molecule has 3 aromatic rings. The van der Waals surface area contributed by atoms with E-state index in [-0.39, 0.29) is 36.4 Å². The molecule has 0 saturated carbocycles. The van der Waals surface area contributed by atoms with Crippen LogP contribution in [0.25, 0.3) is 0 Å². The van der Waals surface area contributed by atoms with Crippen LogP contribution in [0.4, 0.5) is 35.0 Å². The van der Waals surface area contributed by atoms with Gasteiger partial charge in [0.1, 0.15) is 16.5 Å². The van der Waals surface area contributed by atoms with Crippen LogP contribution in [0.2, 0.25) is 0 Å². The molecule has 10 nitrogen and oxygen atoms in total. The zero-order chi connectivity index (χ0) is 29.0. The van der Waals surface area contributed by atoms with E-state index in [1.165, 1.54) is 18.3 Å². The molecule has 2 aromatic carbocycles. The Labute approximate surface area is 227 Å². The highest BCUT2D eigenvalue weighted by Gasteiger charge is 2.33. The van der Waals surface area contributed by atoms with Crippen LogP contribution in [0, 0.1) is 17.7 Å². The first-order chi connectivity index (χ1) is 18.8. The summed E-state index contributed by atoms with van der Waals surface area (Å²) in [5, 5.41) is 6.00. The molecule has 0 unspecified atom stereocenters. The van der Waals surface area contributed by atoms with Gasteiger partial charge in [0.15, 0.2) is 0 Å². The Kier molecular flexibility index (Phi) is 8.59. The summed E-state index contributed by atoms with van der Waals surface area (Å²) in [6.07, 6.45) is -3.05. The molecule has 4 bridgehead atoms. The Bertz CT molecular complexity index is 1690. The van der Waals surface area contributed by atoms with Gasteiger partial charge >= 0.3 is 6.18 Å². The van der Waals surface area contributed by atoms with Crippen LogP contribution < -0.4 is 20.1 Å². The van der Waals surface area contributed by atoms with Crippen molar-refractivity contribution in [2.75, 3.05) is 30.3 Å². The van der Waals surface area contributed by atoms with Crippen LogP contribution in [0.15, 0.2) is 58.5 Å². The number of alkyl halides is 3. The smallest absolute Gasteiger partial charge is 0.369 e. The molecule has 0 spiro atoms. The highest BCUT2D eigenvalue weighted by Crippen LogP contribution is 2.31. The minimum atomic E-state index is -4.84. The van der Waals surface area contributed by atoms with Crippen LogP contribution >= 0.6 is 0 Å². The van der Waals surface area contributed by atoms with E-state index in [0.29, 0.717) is 42.2 Å². The van der Waals surface area contributed by atoms with Gasteiger partial charge in [-0.25, -0.2) is 35.7 Å². The molecule has 0 fully saturated rings.